The lowest BCUT2D eigenvalue weighted by molar-refractivity contribution is -0.119. The molecule has 0 saturated carbocycles. The Labute approximate surface area is 179 Å². The highest BCUT2D eigenvalue weighted by Crippen LogP contribution is 2.34. The van der Waals surface area contributed by atoms with Crippen LogP contribution in [0.1, 0.15) is 122 Å². The van der Waals surface area contributed by atoms with Gasteiger partial charge in [0.05, 0.1) is 11.7 Å². The van der Waals surface area contributed by atoms with Gasteiger partial charge in [-0.1, -0.05) is 76.9 Å². The predicted molar refractivity (Wildman–Crippen MR) is 121 cm³/mol. The molecule has 0 fully saturated rings. The third-order valence-corrected chi connectivity index (χ3v) is 6.32. The Morgan fingerprint density at radius 2 is 1.52 bits per heavy atom. The Bertz CT molecular complexity index is 520. The molecule has 29 heavy (non-hydrogen) atoms. The van der Waals surface area contributed by atoms with Crippen LogP contribution in [0.2, 0.25) is 0 Å². The van der Waals surface area contributed by atoms with E-state index in [1.165, 1.54) is 77.0 Å². The van der Waals surface area contributed by atoms with E-state index in [0.29, 0.717) is 18.4 Å². The van der Waals surface area contributed by atoms with Crippen LogP contribution in [0.3, 0.4) is 0 Å². The molecule has 3 heteroatoms. The largest absolute Gasteiger partial charge is 0.494 e. The molecule has 0 saturated heterocycles. The fraction of sp³-hybridized carbons (Fsp3) is 0.808. The Morgan fingerprint density at radius 3 is 2.21 bits per heavy atom. The molecule has 0 aromatic rings. The van der Waals surface area contributed by atoms with Gasteiger partial charge in [-0.3, -0.25) is 4.79 Å². The highest BCUT2D eigenvalue weighted by atomic mass is 16.5. The number of aliphatic hydroxyl groups excluding tert-OH is 1. The molecule has 2 aliphatic rings. The van der Waals surface area contributed by atoms with E-state index in [4.69, 9.17) is 4.74 Å². The number of rotatable bonds is 15. The molecule has 0 bridgehead atoms. The predicted octanol–water partition coefficient (Wildman–Crippen LogP) is 7.18. The second-order valence-corrected chi connectivity index (χ2v) is 8.98. The zero-order chi connectivity index (χ0) is 20.7. The van der Waals surface area contributed by atoms with Crippen LogP contribution in [-0.4, -0.2) is 23.1 Å². The Hall–Kier alpha value is -1.09. The lowest BCUT2D eigenvalue weighted by Crippen LogP contribution is -2.34. The summed E-state index contributed by atoms with van der Waals surface area (Å²) in [6.45, 7) is 2.25. The summed E-state index contributed by atoms with van der Waals surface area (Å²) < 4.78 is 6.04. The van der Waals surface area contributed by atoms with Gasteiger partial charge in [0.15, 0.2) is 5.78 Å². The number of aliphatic hydroxyl groups is 1. The zero-order valence-corrected chi connectivity index (χ0v) is 18.8. The van der Waals surface area contributed by atoms with Crippen LogP contribution in [0, 0.1) is 0 Å². The van der Waals surface area contributed by atoms with Crippen LogP contribution in [0.4, 0.5) is 0 Å². The van der Waals surface area contributed by atoms with E-state index < -0.39 is 6.10 Å². The van der Waals surface area contributed by atoms with Crippen molar-refractivity contribution in [3.63, 3.8) is 0 Å². The average Bonchev–Trinajstić information content (AvgIpc) is 2.70. The molecule has 2 atom stereocenters. The van der Waals surface area contributed by atoms with E-state index in [9.17, 15) is 9.90 Å². The maximum Gasteiger partial charge on any atom is 0.164 e. The number of ketones is 1. The summed E-state index contributed by atoms with van der Waals surface area (Å²) in [6.07, 6.45) is 25.1. The van der Waals surface area contributed by atoms with Gasteiger partial charge in [0.2, 0.25) is 0 Å². The van der Waals surface area contributed by atoms with E-state index in [2.05, 4.69) is 19.1 Å². The molecule has 0 aromatic heterocycles. The summed E-state index contributed by atoms with van der Waals surface area (Å²) in [4.78, 5) is 12.0. The highest BCUT2D eigenvalue weighted by Gasteiger charge is 2.34. The molecule has 1 N–H and O–H groups in total. The van der Waals surface area contributed by atoms with E-state index in [-0.39, 0.29) is 11.9 Å². The summed E-state index contributed by atoms with van der Waals surface area (Å²) in [5.74, 6) is 0.891. The van der Waals surface area contributed by atoms with Gasteiger partial charge < -0.3 is 9.84 Å². The summed E-state index contributed by atoms with van der Waals surface area (Å²) in [5.41, 5.74) is 0.583. The average molecular weight is 405 g/mol. The molecule has 0 aromatic carbocycles. The van der Waals surface area contributed by atoms with Crippen LogP contribution in [0.25, 0.3) is 0 Å². The Kier molecular flexibility index (Phi) is 12.4. The first-order valence-electron chi connectivity index (χ1n) is 12.5. The molecule has 0 spiro atoms. The normalized spacial score (nSPS) is 22.2. The molecule has 0 amide bonds. The maximum absolute atomic E-state index is 12.0. The van der Waals surface area contributed by atoms with Crippen molar-refractivity contribution in [2.24, 2.45) is 0 Å². The SMILES string of the molecule is CCCCC=CCCCCCCCCCCCC1CC(O)C2=C(CCCC2=O)O1. The van der Waals surface area contributed by atoms with Crippen molar-refractivity contribution in [3.8, 4) is 0 Å². The van der Waals surface area contributed by atoms with Gasteiger partial charge >= 0.3 is 0 Å². The minimum atomic E-state index is -0.594. The monoisotopic (exact) mass is 404 g/mol. The van der Waals surface area contributed by atoms with Crippen molar-refractivity contribution >= 4 is 5.78 Å². The number of carbonyl (C=O) groups is 1. The highest BCUT2D eigenvalue weighted by molar-refractivity contribution is 5.97. The molecule has 0 radical (unpaired) electrons. The van der Waals surface area contributed by atoms with Gasteiger partial charge in [-0.25, -0.2) is 0 Å². The fourth-order valence-corrected chi connectivity index (χ4v) is 4.55. The summed E-state index contributed by atoms with van der Waals surface area (Å²) in [5, 5.41) is 10.3. The van der Waals surface area contributed by atoms with Crippen molar-refractivity contribution < 1.29 is 14.6 Å². The topological polar surface area (TPSA) is 46.5 Å². The first-order valence-corrected chi connectivity index (χ1v) is 12.5. The zero-order valence-electron chi connectivity index (χ0n) is 18.8. The van der Waals surface area contributed by atoms with E-state index in [1.807, 2.05) is 0 Å². The van der Waals surface area contributed by atoms with Crippen LogP contribution in [-0.2, 0) is 9.53 Å². The molecule has 3 nitrogen and oxygen atoms in total. The van der Waals surface area contributed by atoms with Gasteiger partial charge in [0.1, 0.15) is 11.9 Å². The van der Waals surface area contributed by atoms with Crippen molar-refractivity contribution in [3.05, 3.63) is 23.5 Å². The van der Waals surface area contributed by atoms with E-state index in [1.54, 1.807) is 0 Å². The fourth-order valence-electron chi connectivity index (χ4n) is 4.55. The molecule has 166 valence electrons. The molecule has 2 unspecified atom stereocenters. The Morgan fingerprint density at radius 1 is 0.897 bits per heavy atom. The lowest BCUT2D eigenvalue weighted by atomic mass is 9.87. The van der Waals surface area contributed by atoms with Crippen LogP contribution in [0.5, 0.6) is 0 Å². The number of Topliss-reactive ketones (excluding diaryl/α,β-unsaturated/α-hetero) is 1. The minimum absolute atomic E-state index is 0.0978. The molecular formula is C26H44O3. The number of allylic oxidation sites excluding steroid dienone is 3. The van der Waals surface area contributed by atoms with Crippen molar-refractivity contribution in [2.75, 3.05) is 0 Å². The van der Waals surface area contributed by atoms with Gasteiger partial charge in [0.25, 0.3) is 0 Å². The van der Waals surface area contributed by atoms with Crippen molar-refractivity contribution in [1.29, 1.82) is 0 Å². The second kappa shape index (κ2) is 14.8. The molecule has 1 heterocycles. The van der Waals surface area contributed by atoms with Crippen molar-refractivity contribution in [1.82, 2.24) is 0 Å². The van der Waals surface area contributed by atoms with E-state index >= 15 is 0 Å². The smallest absolute Gasteiger partial charge is 0.164 e. The summed E-state index contributed by atoms with van der Waals surface area (Å²) in [7, 11) is 0. The van der Waals surface area contributed by atoms with Crippen LogP contribution < -0.4 is 0 Å². The molecule has 1 aliphatic carbocycles. The lowest BCUT2D eigenvalue weighted by Gasteiger charge is -2.33. The second-order valence-electron chi connectivity index (χ2n) is 8.98. The number of unbranched alkanes of at least 4 members (excludes halogenated alkanes) is 11. The third-order valence-electron chi connectivity index (χ3n) is 6.32. The summed E-state index contributed by atoms with van der Waals surface area (Å²) in [6, 6.07) is 0. The number of hydrogen-bond acceptors (Lipinski definition) is 3. The first-order chi connectivity index (χ1) is 14.2. The van der Waals surface area contributed by atoms with Gasteiger partial charge in [-0.2, -0.15) is 0 Å². The van der Waals surface area contributed by atoms with Gasteiger partial charge in [0, 0.05) is 19.3 Å². The van der Waals surface area contributed by atoms with Crippen molar-refractivity contribution in [2.45, 2.75) is 135 Å². The van der Waals surface area contributed by atoms with Gasteiger partial charge in [-0.15, -0.1) is 0 Å². The molecule has 1 aliphatic heterocycles. The van der Waals surface area contributed by atoms with Gasteiger partial charge in [-0.05, 0) is 38.5 Å². The minimum Gasteiger partial charge on any atom is -0.494 e. The number of carbonyl (C=O) groups excluding carboxylic acids is 1. The quantitative estimate of drug-likeness (QED) is 0.232. The molecular weight excluding hydrogens is 360 g/mol. The molecule has 2 rings (SSSR count). The Balaban J connectivity index is 1.40. The number of ether oxygens (including phenoxy) is 1. The van der Waals surface area contributed by atoms with Crippen LogP contribution in [0.15, 0.2) is 23.5 Å². The van der Waals surface area contributed by atoms with Crippen LogP contribution >= 0.6 is 0 Å². The number of hydrogen-bond donors (Lipinski definition) is 1. The summed E-state index contributed by atoms with van der Waals surface area (Å²) >= 11 is 0. The first kappa shape index (κ1) is 24.2. The van der Waals surface area contributed by atoms with E-state index in [0.717, 1.165) is 31.4 Å². The standard InChI is InChI=1S/C26H44O3/c1-2-3-4-5-6-7-8-9-10-11-12-13-14-15-16-18-22-21-24(28)26-23(27)19-17-20-25(26)29-22/h5-6,22,24,28H,2-4,7-21H2,1H3. The maximum atomic E-state index is 12.0. The third kappa shape index (κ3) is 9.51.